The molecule has 0 bridgehead atoms. The van der Waals surface area contributed by atoms with Gasteiger partial charge in [-0.3, -0.25) is 0 Å². The first-order valence-electron chi connectivity index (χ1n) is 6.06. The van der Waals surface area contributed by atoms with E-state index in [1.165, 1.54) is 5.39 Å². The zero-order valence-corrected chi connectivity index (χ0v) is 9.95. The first-order valence-corrected chi connectivity index (χ1v) is 6.06. The minimum Gasteiger partial charge on any atom is -0.384 e. The molecule has 18 heavy (non-hydrogen) atoms. The van der Waals surface area contributed by atoms with Gasteiger partial charge in [0.2, 0.25) is 0 Å². The molecule has 0 saturated heterocycles. The average Bonchev–Trinajstić information content (AvgIpc) is 2.47. The third-order valence-corrected chi connectivity index (χ3v) is 3.20. The van der Waals surface area contributed by atoms with Crippen molar-refractivity contribution in [2.75, 3.05) is 0 Å². The lowest BCUT2D eigenvalue weighted by Crippen LogP contribution is -1.98. The van der Waals surface area contributed by atoms with E-state index in [9.17, 15) is 5.11 Å². The summed E-state index contributed by atoms with van der Waals surface area (Å²) in [6.07, 6.45) is -0.559. The van der Waals surface area contributed by atoms with E-state index >= 15 is 0 Å². The first kappa shape index (κ1) is 11.0. The van der Waals surface area contributed by atoms with Crippen molar-refractivity contribution < 1.29 is 5.11 Å². The summed E-state index contributed by atoms with van der Waals surface area (Å²) in [6.45, 7) is 0. The van der Waals surface area contributed by atoms with Crippen molar-refractivity contribution in [3.05, 3.63) is 83.9 Å². The lowest BCUT2D eigenvalue weighted by molar-refractivity contribution is 0.220. The Hall–Kier alpha value is -2.12. The van der Waals surface area contributed by atoms with Gasteiger partial charge < -0.3 is 5.11 Å². The second-order valence-corrected chi connectivity index (χ2v) is 4.42. The van der Waals surface area contributed by atoms with Crippen LogP contribution in [0.25, 0.3) is 10.8 Å². The summed E-state index contributed by atoms with van der Waals surface area (Å²) in [5.74, 6) is 0. The maximum Gasteiger partial charge on any atom is 0.104 e. The highest BCUT2D eigenvalue weighted by Gasteiger charge is 2.09. The van der Waals surface area contributed by atoms with Gasteiger partial charge in [-0.1, -0.05) is 66.7 Å². The summed E-state index contributed by atoms with van der Waals surface area (Å²) < 4.78 is 0. The summed E-state index contributed by atoms with van der Waals surface area (Å²) in [5, 5.41) is 12.7. The molecular formula is C17H14O. The molecule has 3 rings (SSSR count). The van der Waals surface area contributed by atoms with Gasteiger partial charge in [0.15, 0.2) is 0 Å². The standard InChI is InChI=1S/C17H14O/c18-17(14-7-2-1-3-8-14)16-11-10-13-6-4-5-9-15(13)12-16/h1-12,17-18H/t17-/m1/s1. The van der Waals surface area contributed by atoms with Gasteiger partial charge >= 0.3 is 0 Å². The van der Waals surface area contributed by atoms with E-state index in [4.69, 9.17) is 0 Å². The number of benzene rings is 3. The first-order chi connectivity index (χ1) is 8.84. The molecule has 0 amide bonds. The van der Waals surface area contributed by atoms with Crippen LogP contribution in [-0.2, 0) is 0 Å². The highest BCUT2D eigenvalue weighted by Crippen LogP contribution is 2.25. The average molecular weight is 234 g/mol. The summed E-state index contributed by atoms with van der Waals surface area (Å²) in [6, 6.07) is 24.0. The molecule has 0 heterocycles. The monoisotopic (exact) mass is 234 g/mol. The molecule has 0 aliphatic rings. The molecule has 1 atom stereocenters. The fraction of sp³-hybridized carbons (Fsp3) is 0.0588. The van der Waals surface area contributed by atoms with E-state index in [1.54, 1.807) is 0 Å². The van der Waals surface area contributed by atoms with E-state index in [0.717, 1.165) is 16.5 Å². The molecule has 0 aromatic heterocycles. The van der Waals surface area contributed by atoms with Gasteiger partial charge in [-0.25, -0.2) is 0 Å². The molecule has 0 unspecified atom stereocenters. The Labute approximate surface area is 106 Å². The molecule has 88 valence electrons. The van der Waals surface area contributed by atoms with E-state index in [1.807, 2.05) is 54.6 Å². The van der Waals surface area contributed by atoms with Gasteiger partial charge in [-0.15, -0.1) is 0 Å². The Morgan fingerprint density at radius 1 is 0.611 bits per heavy atom. The highest BCUT2D eigenvalue weighted by atomic mass is 16.3. The fourth-order valence-electron chi connectivity index (χ4n) is 2.21. The van der Waals surface area contributed by atoms with E-state index < -0.39 is 6.10 Å². The number of hydrogen-bond acceptors (Lipinski definition) is 1. The van der Waals surface area contributed by atoms with Crippen LogP contribution in [-0.4, -0.2) is 5.11 Å². The van der Waals surface area contributed by atoms with E-state index in [-0.39, 0.29) is 0 Å². The Morgan fingerprint density at radius 3 is 2.06 bits per heavy atom. The molecule has 0 aliphatic carbocycles. The Kier molecular flexibility index (Phi) is 2.83. The molecule has 0 fully saturated rings. The minimum atomic E-state index is -0.559. The molecule has 1 N–H and O–H groups in total. The largest absolute Gasteiger partial charge is 0.384 e. The zero-order valence-electron chi connectivity index (χ0n) is 9.95. The van der Waals surface area contributed by atoms with Crippen molar-refractivity contribution in [2.45, 2.75) is 6.10 Å². The summed E-state index contributed by atoms with van der Waals surface area (Å²) in [7, 11) is 0. The van der Waals surface area contributed by atoms with Gasteiger partial charge in [0.25, 0.3) is 0 Å². The van der Waals surface area contributed by atoms with Crippen molar-refractivity contribution >= 4 is 10.8 Å². The third kappa shape index (κ3) is 2.01. The fourth-order valence-corrected chi connectivity index (χ4v) is 2.21. The van der Waals surface area contributed by atoms with Crippen LogP contribution in [0, 0.1) is 0 Å². The predicted octanol–water partition coefficient (Wildman–Crippen LogP) is 3.92. The van der Waals surface area contributed by atoms with Gasteiger partial charge in [0.05, 0.1) is 0 Å². The number of hydrogen-bond donors (Lipinski definition) is 1. The van der Waals surface area contributed by atoms with Crippen LogP contribution in [0.3, 0.4) is 0 Å². The number of fused-ring (bicyclic) bond motifs is 1. The van der Waals surface area contributed by atoms with Crippen molar-refractivity contribution in [2.24, 2.45) is 0 Å². The molecule has 1 nitrogen and oxygen atoms in total. The summed E-state index contributed by atoms with van der Waals surface area (Å²) in [4.78, 5) is 0. The second kappa shape index (κ2) is 4.63. The minimum absolute atomic E-state index is 0.559. The Morgan fingerprint density at radius 2 is 1.28 bits per heavy atom. The third-order valence-electron chi connectivity index (χ3n) is 3.20. The molecule has 3 aromatic rings. The predicted molar refractivity (Wildman–Crippen MR) is 74.5 cm³/mol. The lowest BCUT2D eigenvalue weighted by atomic mass is 9.99. The van der Waals surface area contributed by atoms with Gasteiger partial charge in [-0.05, 0) is 28.0 Å². The molecule has 3 aromatic carbocycles. The quantitative estimate of drug-likeness (QED) is 0.712. The van der Waals surface area contributed by atoms with Gasteiger partial charge in [0.1, 0.15) is 6.10 Å². The SMILES string of the molecule is O[C@H](c1ccccc1)c1ccc2ccccc2c1. The maximum absolute atomic E-state index is 10.4. The van der Waals surface area contributed by atoms with Crippen LogP contribution in [0.1, 0.15) is 17.2 Å². The van der Waals surface area contributed by atoms with Crippen molar-refractivity contribution in [3.8, 4) is 0 Å². The summed E-state index contributed by atoms with van der Waals surface area (Å²) in [5.41, 5.74) is 1.85. The Balaban J connectivity index is 2.04. The Bertz CT molecular complexity index is 659. The van der Waals surface area contributed by atoms with Crippen LogP contribution >= 0.6 is 0 Å². The normalized spacial score (nSPS) is 12.5. The molecule has 0 radical (unpaired) electrons. The highest BCUT2D eigenvalue weighted by molar-refractivity contribution is 5.83. The number of aliphatic hydroxyl groups excluding tert-OH is 1. The second-order valence-electron chi connectivity index (χ2n) is 4.42. The van der Waals surface area contributed by atoms with Crippen LogP contribution in [0.15, 0.2) is 72.8 Å². The van der Waals surface area contributed by atoms with Crippen LogP contribution in [0.2, 0.25) is 0 Å². The molecule has 0 saturated carbocycles. The number of aliphatic hydroxyl groups is 1. The smallest absolute Gasteiger partial charge is 0.104 e. The molecule has 0 spiro atoms. The summed E-state index contributed by atoms with van der Waals surface area (Å²) >= 11 is 0. The lowest BCUT2D eigenvalue weighted by Gasteiger charge is -2.12. The molecular weight excluding hydrogens is 220 g/mol. The van der Waals surface area contributed by atoms with Crippen LogP contribution < -0.4 is 0 Å². The van der Waals surface area contributed by atoms with Gasteiger partial charge in [-0.2, -0.15) is 0 Å². The van der Waals surface area contributed by atoms with Crippen LogP contribution in [0.5, 0.6) is 0 Å². The molecule has 1 heteroatoms. The van der Waals surface area contributed by atoms with Crippen molar-refractivity contribution in [1.29, 1.82) is 0 Å². The van der Waals surface area contributed by atoms with Crippen molar-refractivity contribution in [1.82, 2.24) is 0 Å². The van der Waals surface area contributed by atoms with Crippen LogP contribution in [0.4, 0.5) is 0 Å². The van der Waals surface area contributed by atoms with E-state index in [2.05, 4.69) is 18.2 Å². The van der Waals surface area contributed by atoms with E-state index in [0.29, 0.717) is 0 Å². The van der Waals surface area contributed by atoms with Gasteiger partial charge in [0, 0.05) is 0 Å². The maximum atomic E-state index is 10.4. The molecule has 0 aliphatic heterocycles. The van der Waals surface area contributed by atoms with Crippen molar-refractivity contribution in [3.63, 3.8) is 0 Å². The topological polar surface area (TPSA) is 20.2 Å². The zero-order chi connectivity index (χ0) is 12.4. The number of rotatable bonds is 2.